The molecule has 0 radical (unpaired) electrons. The molecule has 0 rings (SSSR count). The molecule has 0 aliphatic heterocycles. The topological polar surface area (TPSA) is 38.3 Å². The Morgan fingerprint density at radius 1 is 1.64 bits per heavy atom. The Kier molecular flexibility index (Phi) is 5.64. The van der Waals surface area contributed by atoms with Crippen LogP contribution in [0.15, 0.2) is 0 Å². The van der Waals surface area contributed by atoms with E-state index in [0.29, 0.717) is 6.61 Å². The van der Waals surface area contributed by atoms with Crippen molar-refractivity contribution < 1.29 is 18.3 Å². The highest BCUT2D eigenvalue weighted by molar-refractivity contribution is 5.77. The van der Waals surface area contributed by atoms with Crippen molar-refractivity contribution in [2.45, 2.75) is 13.3 Å². The maximum Gasteiger partial charge on any atom is 0.255 e. The van der Waals surface area contributed by atoms with E-state index < -0.39 is 18.9 Å². The molecule has 0 spiro atoms. The van der Waals surface area contributed by atoms with Crippen molar-refractivity contribution in [3.8, 4) is 0 Å². The van der Waals surface area contributed by atoms with E-state index in [2.05, 4.69) is 4.74 Å². The minimum absolute atomic E-state index is 0.150. The van der Waals surface area contributed by atoms with Gasteiger partial charge in [0.05, 0.1) is 6.54 Å². The minimum atomic E-state index is -2.50. The fourth-order valence-electron chi connectivity index (χ4n) is 0.437. The number of carbonyl (C=O) groups is 1. The van der Waals surface area contributed by atoms with Gasteiger partial charge in [-0.2, -0.15) is 0 Å². The number of hydrogen-bond donors (Lipinski definition) is 1. The standard InChI is InChI=1S/C6H11F2NO2/c1-2-11-4-6(10)9-3-5(7)8/h5H,2-4H2,1H3,(H,9,10). The van der Waals surface area contributed by atoms with Crippen LogP contribution >= 0.6 is 0 Å². The molecule has 0 unspecified atom stereocenters. The summed E-state index contributed by atoms with van der Waals surface area (Å²) in [6.45, 7) is 1.37. The fraction of sp³-hybridized carbons (Fsp3) is 0.833. The molecule has 0 atom stereocenters. The summed E-state index contributed by atoms with van der Waals surface area (Å²) in [5.41, 5.74) is 0. The molecule has 0 heterocycles. The normalized spacial score (nSPS) is 10.2. The Hall–Kier alpha value is -0.710. The summed E-state index contributed by atoms with van der Waals surface area (Å²) >= 11 is 0. The molecule has 66 valence electrons. The van der Waals surface area contributed by atoms with E-state index in [0.717, 1.165) is 0 Å². The number of ether oxygens (including phenoxy) is 1. The second-order valence-electron chi connectivity index (χ2n) is 1.83. The Labute approximate surface area is 63.7 Å². The van der Waals surface area contributed by atoms with Crippen molar-refractivity contribution in [1.82, 2.24) is 5.32 Å². The Morgan fingerprint density at radius 3 is 2.73 bits per heavy atom. The average molecular weight is 167 g/mol. The minimum Gasteiger partial charge on any atom is -0.372 e. The number of rotatable bonds is 5. The van der Waals surface area contributed by atoms with Crippen LogP contribution in [0.5, 0.6) is 0 Å². The molecular weight excluding hydrogens is 156 g/mol. The Morgan fingerprint density at radius 2 is 2.27 bits per heavy atom. The van der Waals surface area contributed by atoms with Crippen molar-refractivity contribution in [1.29, 1.82) is 0 Å². The summed E-state index contributed by atoms with van der Waals surface area (Å²) in [6, 6.07) is 0. The zero-order valence-electron chi connectivity index (χ0n) is 6.27. The summed E-state index contributed by atoms with van der Waals surface area (Å²) in [4.78, 5) is 10.5. The van der Waals surface area contributed by atoms with Gasteiger partial charge in [0.1, 0.15) is 6.61 Å². The predicted octanol–water partition coefficient (Wildman–Crippen LogP) is 0.404. The zero-order valence-corrected chi connectivity index (χ0v) is 6.27. The highest BCUT2D eigenvalue weighted by atomic mass is 19.3. The molecule has 3 nitrogen and oxygen atoms in total. The number of alkyl halides is 2. The van der Waals surface area contributed by atoms with Gasteiger partial charge in [-0.1, -0.05) is 0 Å². The van der Waals surface area contributed by atoms with Crippen LogP contribution in [-0.4, -0.2) is 32.1 Å². The number of hydrogen-bond acceptors (Lipinski definition) is 2. The van der Waals surface area contributed by atoms with Crippen LogP contribution in [0, 0.1) is 0 Å². The maximum atomic E-state index is 11.5. The van der Waals surface area contributed by atoms with E-state index in [-0.39, 0.29) is 6.61 Å². The molecule has 0 aliphatic carbocycles. The van der Waals surface area contributed by atoms with Gasteiger partial charge in [0.25, 0.3) is 6.43 Å². The molecule has 0 aromatic carbocycles. The van der Waals surface area contributed by atoms with Crippen LogP contribution in [0.25, 0.3) is 0 Å². The number of carbonyl (C=O) groups excluding carboxylic acids is 1. The molecule has 1 amide bonds. The SMILES string of the molecule is CCOCC(=O)NCC(F)F. The smallest absolute Gasteiger partial charge is 0.255 e. The monoisotopic (exact) mass is 167 g/mol. The highest BCUT2D eigenvalue weighted by Gasteiger charge is 2.05. The molecule has 0 saturated carbocycles. The van der Waals surface area contributed by atoms with E-state index in [1.54, 1.807) is 6.92 Å². The molecular formula is C6H11F2NO2. The quantitative estimate of drug-likeness (QED) is 0.643. The van der Waals surface area contributed by atoms with Crippen molar-refractivity contribution >= 4 is 5.91 Å². The van der Waals surface area contributed by atoms with E-state index in [1.807, 2.05) is 5.32 Å². The van der Waals surface area contributed by atoms with Crippen LogP contribution in [0.1, 0.15) is 6.92 Å². The lowest BCUT2D eigenvalue weighted by Crippen LogP contribution is -2.31. The van der Waals surface area contributed by atoms with Gasteiger partial charge >= 0.3 is 0 Å². The van der Waals surface area contributed by atoms with Gasteiger partial charge in [0, 0.05) is 6.61 Å². The van der Waals surface area contributed by atoms with E-state index in [1.165, 1.54) is 0 Å². The van der Waals surface area contributed by atoms with E-state index in [9.17, 15) is 13.6 Å². The lowest BCUT2D eigenvalue weighted by molar-refractivity contribution is -0.126. The van der Waals surface area contributed by atoms with Gasteiger partial charge in [-0.25, -0.2) is 8.78 Å². The first kappa shape index (κ1) is 10.3. The first-order valence-electron chi connectivity index (χ1n) is 3.29. The van der Waals surface area contributed by atoms with Gasteiger partial charge in [0.2, 0.25) is 5.91 Å². The molecule has 0 aromatic heterocycles. The van der Waals surface area contributed by atoms with Crippen LogP contribution in [0.3, 0.4) is 0 Å². The number of halogens is 2. The lowest BCUT2D eigenvalue weighted by Gasteiger charge is -2.03. The molecule has 0 aromatic rings. The zero-order chi connectivity index (χ0) is 8.69. The van der Waals surface area contributed by atoms with E-state index >= 15 is 0 Å². The molecule has 0 saturated heterocycles. The fourth-order valence-corrected chi connectivity index (χ4v) is 0.437. The second kappa shape index (κ2) is 6.03. The molecule has 11 heavy (non-hydrogen) atoms. The van der Waals surface area contributed by atoms with Crippen molar-refractivity contribution in [2.75, 3.05) is 19.8 Å². The van der Waals surface area contributed by atoms with Gasteiger partial charge in [-0.15, -0.1) is 0 Å². The summed E-state index contributed by atoms with van der Waals surface area (Å²) in [5, 5.41) is 2.00. The van der Waals surface area contributed by atoms with E-state index in [4.69, 9.17) is 0 Å². The third-order valence-corrected chi connectivity index (χ3v) is 0.891. The number of amides is 1. The third kappa shape index (κ3) is 7.18. The molecule has 0 bridgehead atoms. The van der Waals surface area contributed by atoms with Crippen LogP contribution < -0.4 is 5.32 Å². The number of nitrogens with one attached hydrogen (secondary N) is 1. The van der Waals surface area contributed by atoms with Gasteiger partial charge in [-0.3, -0.25) is 4.79 Å². The van der Waals surface area contributed by atoms with Crippen LogP contribution in [0.4, 0.5) is 8.78 Å². The maximum absolute atomic E-state index is 11.5. The summed E-state index contributed by atoms with van der Waals surface area (Å²) < 4.78 is 27.6. The van der Waals surface area contributed by atoms with Crippen LogP contribution in [-0.2, 0) is 9.53 Å². The first-order valence-corrected chi connectivity index (χ1v) is 3.29. The summed E-state index contributed by atoms with van der Waals surface area (Å²) in [6.07, 6.45) is -2.50. The lowest BCUT2D eigenvalue weighted by atomic mass is 10.6. The summed E-state index contributed by atoms with van der Waals surface area (Å²) in [5.74, 6) is -0.507. The summed E-state index contributed by atoms with van der Waals surface area (Å²) in [7, 11) is 0. The third-order valence-electron chi connectivity index (χ3n) is 0.891. The van der Waals surface area contributed by atoms with Crippen molar-refractivity contribution in [3.05, 3.63) is 0 Å². The van der Waals surface area contributed by atoms with Crippen LogP contribution in [0.2, 0.25) is 0 Å². The largest absolute Gasteiger partial charge is 0.372 e. The molecule has 1 N–H and O–H groups in total. The highest BCUT2D eigenvalue weighted by Crippen LogP contribution is 1.87. The molecule has 5 heteroatoms. The molecule has 0 aliphatic rings. The predicted molar refractivity (Wildman–Crippen MR) is 35.5 cm³/mol. The second-order valence-corrected chi connectivity index (χ2v) is 1.83. The average Bonchev–Trinajstić information content (AvgIpc) is 1.97. The van der Waals surface area contributed by atoms with Crippen molar-refractivity contribution in [3.63, 3.8) is 0 Å². The Bertz CT molecular complexity index is 119. The van der Waals surface area contributed by atoms with Gasteiger partial charge in [-0.05, 0) is 6.92 Å². The van der Waals surface area contributed by atoms with Gasteiger partial charge < -0.3 is 10.1 Å². The van der Waals surface area contributed by atoms with Crippen molar-refractivity contribution in [2.24, 2.45) is 0 Å². The Balaban J connectivity index is 3.23. The molecule has 0 fully saturated rings. The first-order chi connectivity index (χ1) is 5.16. The van der Waals surface area contributed by atoms with Gasteiger partial charge in [0.15, 0.2) is 0 Å².